The number of alkyl halides is 1. The highest BCUT2D eigenvalue weighted by Gasteiger charge is 2.67. The van der Waals surface area contributed by atoms with Gasteiger partial charge >= 0.3 is 5.97 Å². The number of carbonyl (C=O) groups is 2. The molecule has 0 aromatic heterocycles. The van der Waals surface area contributed by atoms with Crippen LogP contribution in [0.5, 0.6) is 0 Å². The monoisotopic (exact) mass is 1030 g/mol. The molecule has 0 spiro atoms. The molecule has 0 saturated heterocycles. The van der Waals surface area contributed by atoms with E-state index in [9.17, 15) is 44.6 Å². The van der Waals surface area contributed by atoms with Crippen molar-refractivity contribution in [2.24, 2.45) is 110 Å². The van der Waals surface area contributed by atoms with Gasteiger partial charge < -0.3 is 58.3 Å². The summed E-state index contributed by atoms with van der Waals surface area (Å²) in [5.74, 6) is 3.12. The lowest BCUT2D eigenvalue weighted by molar-refractivity contribution is -0.207. The number of rotatable bonds is 15. The van der Waals surface area contributed by atoms with E-state index in [1.54, 1.807) is 0 Å². The van der Waals surface area contributed by atoms with Crippen LogP contribution in [0.4, 0.5) is 4.39 Å². The number of fused-ring (bicyclic) bond motifs is 10. The summed E-state index contributed by atoms with van der Waals surface area (Å²) < 4.78 is 15.5. The van der Waals surface area contributed by atoms with Gasteiger partial charge in [-0.15, -0.1) is 0 Å². The highest BCUT2D eigenvalue weighted by molar-refractivity contribution is 5.75. The number of hydrogen-bond donors (Lipinski definition) is 11. The van der Waals surface area contributed by atoms with Gasteiger partial charge in [-0.2, -0.15) is 0 Å². The van der Waals surface area contributed by atoms with Crippen molar-refractivity contribution in [3.8, 4) is 0 Å². The standard InChI is InChI=1S/C28H50N2O4.C24H40O5.C4H12N2.CH3F.CH4/c1-17(6-9-25(34)30-13-5-4-12-29)20-7-8-21-26-22(16-24(33)28(20,21)3)27(2)11-10-19(31)14-18(27)15-23(26)32;1-13(4-7-21(28)29)16-5-6-17-22-18(12-20(27)24(16,17)3)23(2)9-8-15(25)10-14(23)11-19(22)26;5-3-1-2-4-6;1-2;/h17-24,26,31-33H,4-16,29H2,1-3H3,(H,30,34);13-20,22,25-27H,4-12H2,1-3H3,(H,28,29);1-6H2;1H3;1H4/t17?,18-,19-,20?,21+,22?,23+,24?,26+,27?,28?;13?,14-,15-,16?,17+,18?,19+,20?,22+,23?,24?;;;/m11.../s1/i;;;1D;. The number of nitrogens with two attached hydrogens (primary N) is 3. The van der Waals surface area contributed by atoms with Gasteiger partial charge in [-0.1, -0.05) is 49.0 Å². The summed E-state index contributed by atoms with van der Waals surface area (Å²) in [6.07, 6.45) is 16.8. The van der Waals surface area contributed by atoms with Crippen LogP contribution < -0.4 is 22.5 Å². The number of aliphatic hydroxyl groups excluding tert-OH is 6. The molecule has 0 bridgehead atoms. The number of carbonyl (C=O) groups excluding carboxylic acids is 1. The lowest BCUT2D eigenvalue weighted by Crippen LogP contribution is -2.62. The van der Waals surface area contributed by atoms with Crippen molar-refractivity contribution in [3.63, 3.8) is 0 Å². The Bertz CT molecular complexity index is 1690. The Labute approximate surface area is 437 Å². The fourth-order valence-electron chi connectivity index (χ4n) is 18.2. The van der Waals surface area contributed by atoms with Gasteiger partial charge in [0, 0.05) is 19.4 Å². The highest BCUT2D eigenvalue weighted by atomic mass is 19.1. The molecule has 8 saturated carbocycles. The second-order valence-electron chi connectivity index (χ2n) is 25.6. The quantitative estimate of drug-likeness (QED) is 0.0710. The first-order valence-electron chi connectivity index (χ1n) is 29.3. The Hall–Kier alpha value is -1.49. The molecule has 422 valence electrons. The lowest BCUT2D eigenvalue weighted by Gasteiger charge is -2.63. The first-order valence-corrected chi connectivity index (χ1v) is 28.6. The van der Waals surface area contributed by atoms with Crippen molar-refractivity contribution in [3.05, 3.63) is 0 Å². The number of carboxylic acid groups (broad SMARTS) is 1. The molecular formula is C58H109FN4O9. The zero-order valence-electron chi connectivity index (χ0n) is 46.0. The molecule has 0 aliphatic heterocycles. The van der Waals surface area contributed by atoms with Gasteiger partial charge in [0.25, 0.3) is 0 Å². The fourth-order valence-corrected chi connectivity index (χ4v) is 18.2. The number of carboxylic acids is 1. The van der Waals surface area contributed by atoms with Crippen LogP contribution in [-0.4, -0.2) is 118 Å². The maximum Gasteiger partial charge on any atom is 0.303 e. The third-order valence-corrected chi connectivity index (χ3v) is 22.3. The maximum atomic E-state index is 12.3. The Morgan fingerprint density at radius 3 is 1.39 bits per heavy atom. The van der Waals surface area contributed by atoms with Crippen molar-refractivity contribution in [1.29, 1.82) is 0 Å². The van der Waals surface area contributed by atoms with Crippen LogP contribution in [0, 0.1) is 92.7 Å². The molecular weight excluding hydrogens is 916 g/mol. The van der Waals surface area contributed by atoms with Gasteiger partial charge in [0.2, 0.25) is 5.91 Å². The van der Waals surface area contributed by atoms with Gasteiger partial charge in [0.1, 0.15) is 0 Å². The minimum absolute atomic E-state index is 0. The van der Waals surface area contributed by atoms with E-state index in [0.717, 1.165) is 135 Å². The Kier molecular flexibility index (Phi) is 23.2. The third kappa shape index (κ3) is 12.9. The lowest BCUT2D eigenvalue weighted by atomic mass is 9.43. The number of hydrogen-bond acceptors (Lipinski definition) is 11. The van der Waals surface area contributed by atoms with Gasteiger partial charge in [-0.3, -0.25) is 14.0 Å². The average molecular weight is 1030 g/mol. The summed E-state index contributed by atoms with van der Waals surface area (Å²) in [4.78, 5) is 23.4. The van der Waals surface area contributed by atoms with Crippen LogP contribution in [0.2, 0.25) is 0 Å². The summed E-state index contributed by atoms with van der Waals surface area (Å²) in [7, 11) is -1.00. The molecule has 1 amide bonds. The summed E-state index contributed by atoms with van der Waals surface area (Å²) in [6, 6.07) is 0. The van der Waals surface area contributed by atoms with E-state index in [0.29, 0.717) is 79.2 Å². The first-order chi connectivity index (χ1) is 34.0. The molecule has 13 nitrogen and oxygen atoms in total. The molecule has 0 radical (unpaired) electrons. The summed E-state index contributed by atoms with van der Waals surface area (Å²) in [5, 5.41) is 78.4. The molecule has 14 heteroatoms. The zero-order chi connectivity index (χ0) is 53.3. The van der Waals surface area contributed by atoms with E-state index in [-0.39, 0.29) is 89.7 Å². The maximum absolute atomic E-state index is 12.3. The Morgan fingerprint density at radius 2 is 1.00 bits per heavy atom. The van der Waals surface area contributed by atoms with E-state index in [4.69, 9.17) is 23.7 Å². The summed E-state index contributed by atoms with van der Waals surface area (Å²) in [6.45, 7) is 16.6. The minimum atomic E-state index is -1.00. The van der Waals surface area contributed by atoms with Gasteiger partial charge in [0.15, 0.2) is 0 Å². The van der Waals surface area contributed by atoms with Gasteiger partial charge in [-0.25, -0.2) is 0 Å². The van der Waals surface area contributed by atoms with Crippen LogP contribution >= 0.6 is 0 Å². The second-order valence-corrected chi connectivity index (χ2v) is 25.6. The van der Waals surface area contributed by atoms with Crippen molar-refractivity contribution in [1.82, 2.24) is 5.32 Å². The smallest absolute Gasteiger partial charge is 0.303 e. The van der Waals surface area contributed by atoms with Crippen LogP contribution in [0.25, 0.3) is 0 Å². The predicted octanol–water partition coefficient (Wildman–Crippen LogP) is 7.57. The molecule has 0 aromatic rings. The number of nitrogens with one attached hydrogen (secondary N) is 1. The molecule has 12 unspecified atom stereocenters. The first kappa shape index (κ1) is 61.4. The number of amides is 1. The van der Waals surface area contributed by atoms with Crippen LogP contribution in [-0.2, 0) is 9.59 Å². The van der Waals surface area contributed by atoms with E-state index < -0.39 is 19.2 Å². The van der Waals surface area contributed by atoms with Crippen LogP contribution in [0.15, 0.2) is 0 Å². The molecule has 0 aromatic carbocycles. The molecule has 8 aliphatic carbocycles. The molecule has 72 heavy (non-hydrogen) atoms. The van der Waals surface area contributed by atoms with E-state index in [1.807, 2.05) is 0 Å². The molecule has 8 fully saturated rings. The van der Waals surface area contributed by atoms with Crippen molar-refractivity contribution in [2.45, 2.75) is 227 Å². The van der Waals surface area contributed by atoms with Crippen molar-refractivity contribution < 1.29 is 51.1 Å². The largest absolute Gasteiger partial charge is 0.481 e. The summed E-state index contributed by atoms with van der Waals surface area (Å²) in [5.41, 5.74) is 15.6. The Morgan fingerprint density at radius 1 is 0.611 bits per heavy atom. The molecule has 0 heterocycles. The number of halogens is 1. The molecule has 8 aliphatic rings. The fraction of sp³-hybridized carbons (Fsp3) is 0.966. The van der Waals surface area contributed by atoms with Crippen molar-refractivity contribution in [2.75, 3.05) is 33.3 Å². The average Bonchev–Trinajstić information content (AvgIpc) is 3.89. The van der Waals surface area contributed by atoms with Crippen LogP contribution in [0.1, 0.15) is 192 Å². The predicted molar refractivity (Wildman–Crippen MR) is 285 cm³/mol. The summed E-state index contributed by atoms with van der Waals surface area (Å²) >= 11 is 0. The normalized spacial score (nSPS) is 44.4. The number of aliphatic carboxylic acids is 1. The number of aliphatic hydroxyl groups is 6. The van der Waals surface area contributed by atoms with E-state index >= 15 is 0 Å². The van der Waals surface area contributed by atoms with Gasteiger partial charge in [-0.05, 0) is 241 Å². The SMILES string of the molecule is C.CC(CCC(=O)NCCCCN)C1CC[C@H]2[C@H]3C(CC(O)C12C)C1(C)CC[C@@H](O)C[C@@H]1C[C@@H]3O.CC(CCC(=O)O)C1CC[C@H]2[C@H]3C(CC(O)C12C)C1(C)CC[C@@H](O)C[C@@H]1C[C@@H]3O.NCCCCN.[2H]CF. The Balaban J connectivity index is 0.000000270. The minimum Gasteiger partial charge on any atom is -0.481 e. The molecule has 14 N–H and O–H groups in total. The van der Waals surface area contributed by atoms with E-state index in [2.05, 4.69) is 46.9 Å². The van der Waals surface area contributed by atoms with Crippen molar-refractivity contribution >= 4 is 11.9 Å². The second kappa shape index (κ2) is 27.2. The highest BCUT2D eigenvalue weighted by Crippen LogP contribution is 2.70. The molecule has 22 atom stereocenters. The topological polar surface area (TPSA) is 266 Å². The number of unbranched alkanes of at least 4 members (excludes halogenated alkanes) is 2. The van der Waals surface area contributed by atoms with Crippen LogP contribution in [0.3, 0.4) is 0 Å². The third-order valence-electron chi connectivity index (χ3n) is 22.3. The van der Waals surface area contributed by atoms with Gasteiger partial charge in [0.05, 0.1) is 45.1 Å². The molecule has 8 rings (SSSR count). The van der Waals surface area contributed by atoms with E-state index in [1.165, 1.54) is 0 Å². The zero-order valence-corrected chi connectivity index (χ0v) is 45.0.